The monoisotopic (exact) mass is 789 g/mol. The molecular formula is C40H84O14. The molecule has 0 saturated carbocycles. The quantitative estimate of drug-likeness (QED) is 0.0609. The van der Waals surface area contributed by atoms with Crippen LogP contribution < -0.4 is 0 Å². The van der Waals surface area contributed by atoms with Crippen LogP contribution in [-0.2, 0) is 28.7 Å². The molecule has 2 aliphatic heterocycles. The normalized spacial score (nSPS) is 20.7. The molecule has 8 N–H and O–H groups in total. The maximum absolute atomic E-state index is 10.9. The Labute approximate surface area is 327 Å². The number of cyclic esters (lactones) is 2. The van der Waals surface area contributed by atoms with Crippen LogP contribution in [0.3, 0.4) is 0 Å². The highest BCUT2D eigenvalue weighted by Gasteiger charge is 2.27. The van der Waals surface area contributed by atoms with Gasteiger partial charge in [-0.15, -0.1) is 0 Å². The second kappa shape index (κ2) is 40.3. The van der Waals surface area contributed by atoms with Gasteiger partial charge in [-0.25, -0.2) is 0 Å². The zero-order chi connectivity index (χ0) is 38.5. The van der Waals surface area contributed by atoms with Crippen molar-refractivity contribution in [2.75, 3.05) is 0 Å². The highest BCUT2D eigenvalue weighted by atomic mass is 16.6. The second-order valence-electron chi connectivity index (χ2n) is 13.3. The van der Waals surface area contributed by atoms with Crippen molar-refractivity contribution < 1.29 is 69.5 Å². The number of unbranched alkanes of at least 4 members (excludes halogenated alkanes) is 4. The number of esters is 2. The first-order valence-electron chi connectivity index (χ1n) is 18.5. The predicted molar refractivity (Wildman–Crippen MR) is 213 cm³/mol. The van der Waals surface area contributed by atoms with E-state index in [9.17, 15) is 39.6 Å². The number of carboxylic acid groups (broad SMARTS) is 2. The molecule has 2 aliphatic rings. The van der Waals surface area contributed by atoms with Gasteiger partial charge in [0.1, 0.15) is 12.2 Å². The maximum Gasteiger partial charge on any atom is 0.308 e. The number of aliphatic carboxylic acids is 2. The number of carbonyl (C=O) groups excluding carboxylic acids is 2. The van der Waals surface area contributed by atoms with Crippen LogP contribution in [0.15, 0.2) is 0 Å². The maximum atomic E-state index is 10.9. The van der Waals surface area contributed by atoms with E-state index in [1.54, 1.807) is 0 Å². The van der Waals surface area contributed by atoms with Gasteiger partial charge in [0, 0.05) is 12.8 Å². The number of hydrogen-bond acceptors (Lipinski definition) is 12. The van der Waals surface area contributed by atoms with Crippen LogP contribution in [0.5, 0.6) is 0 Å². The van der Waals surface area contributed by atoms with Crippen molar-refractivity contribution in [3.63, 3.8) is 0 Å². The molecule has 0 aliphatic carbocycles. The lowest BCUT2D eigenvalue weighted by Crippen LogP contribution is -2.32. The molecule has 2 saturated heterocycles. The van der Waals surface area contributed by atoms with Gasteiger partial charge in [0.25, 0.3) is 0 Å². The molecule has 0 bridgehead atoms. The van der Waals surface area contributed by atoms with Gasteiger partial charge in [0.15, 0.2) is 0 Å². The average molecular weight is 789 g/mol. The van der Waals surface area contributed by atoms with E-state index in [-0.39, 0.29) is 92.4 Å². The molecule has 54 heavy (non-hydrogen) atoms. The first-order valence-corrected chi connectivity index (χ1v) is 18.5. The van der Waals surface area contributed by atoms with Crippen molar-refractivity contribution in [3.05, 3.63) is 0 Å². The lowest BCUT2D eigenvalue weighted by Gasteiger charge is -2.25. The Morgan fingerprint density at radius 2 is 0.870 bits per heavy atom. The Hall–Kier alpha value is -2.36. The minimum absolute atomic E-state index is 0. The van der Waals surface area contributed by atoms with Crippen molar-refractivity contribution in [2.24, 2.45) is 0 Å². The molecule has 0 aromatic heterocycles. The first kappa shape index (κ1) is 63.6. The van der Waals surface area contributed by atoms with E-state index >= 15 is 0 Å². The summed E-state index contributed by atoms with van der Waals surface area (Å²) in [5, 5.41) is 72.1. The molecule has 4 unspecified atom stereocenters. The summed E-state index contributed by atoms with van der Waals surface area (Å²) in [5.74, 6) is -2.57. The molecule has 2 rings (SSSR count). The van der Waals surface area contributed by atoms with E-state index in [0.29, 0.717) is 25.7 Å². The highest BCUT2D eigenvalue weighted by Crippen LogP contribution is 2.20. The fraction of sp³-hybridized carbons (Fsp3) is 0.900. The first-order chi connectivity index (χ1) is 23.6. The van der Waals surface area contributed by atoms with Crippen LogP contribution in [0.25, 0.3) is 0 Å². The van der Waals surface area contributed by atoms with Gasteiger partial charge in [0.2, 0.25) is 0 Å². The van der Waals surface area contributed by atoms with Gasteiger partial charge in [-0.05, 0) is 38.5 Å². The van der Waals surface area contributed by atoms with Crippen LogP contribution in [0.2, 0.25) is 0 Å². The zero-order valence-electron chi connectivity index (χ0n) is 30.8. The molecule has 14 heteroatoms. The highest BCUT2D eigenvalue weighted by molar-refractivity contribution is 5.71. The van der Waals surface area contributed by atoms with E-state index in [1.165, 1.54) is 0 Å². The second-order valence-corrected chi connectivity index (χ2v) is 13.3. The molecule has 0 spiro atoms. The molecule has 0 aromatic carbocycles. The van der Waals surface area contributed by atoms with Crippen molar-refractivity contribution in [2.45, 2.75) is 235 Å². The van der Waals surface area contributed by atoms with Gasteiger partial charge >= 0.3 is 23.9 Å². The lowest BCUT2D eigenvalue weighted by molar-refractivity contribution is -0.161. The number of aliphatic hydroxyl groups excluding tert-OH is 6. The van der Waals surface area contributed by atoms with E-state index in [4.69, 9.17) is 29.9 Å². The topological polar surface area (TPSA) is 249 Å². The number of hydrogen-bond donors (Lipinski definition) is 8. The summed E-state index contributed by atoms with van der Waals surface area (Å²) in [7, 11) is 0. The summed E-state index contributed by atoms with van der Waals surface area (Å²) < 4.78 is 10.1. The summed E-state index contributed by atoms with van der Waals surface area (Å²) in [4.78, 5) is 42.1. The molecule has 0 amide bonds. The van der Waals surface area contributed by atoms with Crippen molar-refractivity contribution in [1.29, 1.82) is 0 Å². The number of ether oxygens (including phenoxy) is 2. The number of carbonyl (C=O) groups is 4. The Morgan fingerprint density at radius 3 is 1.11 bits per heavy atom. The molecule has 14 nitrogen and oxygen atoms in total. The molecular weight excluding hydrogens is 704 g/mol. The van der Waals surface area contributed by atoms with Crippen molar-refractivity contribution >= 4 is 23.9 Å². The van der Waals surface area contributed by atoms with E-state index in [2.05, 4.69) is 13.8 Å². The zero-order valence-corrected chi connectivity index (χ0v) is 30.8. The van der Waals surface area contributed by atoms with Gasteiger partial charge in [-0.2, -0.15) is 0 Å². The molecule has 0 radical (unpaired) electrons. The van der Waals surface area contributed by atoms with Crippen LogP contribution in [-0.4, -0.2) is 114 Å². The van der Waals surface area contributed by atoms with E-state index in [0.717, 1.165) is 64.2 Å². The van der Waals surface area contributed by atoms with E-state index < -0.39 is 48.6 Å². The van der Waals surface area contributed by atoms with E-state index in [1.807, 2.05) is 13.8 Å². The van der Waals surface area contributed by atoms with Crippen LogP contribution in [0.4, 0.5) is 0 Å². The fourth-order valence-corrected chi connectivity index (χ4v) is 5.25. The standard InChI is InChI=1S/2C9H18O4.2C9H16O3.4CH4/c2*1-2-3-4-7(10)5-8(11)6-9(12)13;2*1-2-3-4-8-5-7(10)6-9(11)12-8;;;;/h2*7-8,10-11H,2-6H2,1H3,(H,12,13);2*7-8,10H,2-6H2,1H3;4*1H4/t7-,8-;;7-,8-;;;;;/m1.1...../s1. The largest absolute Gasteiger partial charge is 0.481 e. The summed E-state index contributed by atoms with van der Waals surface area (Å²) in [6, 6.07) is 0. The Balaban J connectivity index is -0.000000139. The summed E-state index contributed by atoms with van der Waals surface area (Å²) >= 11 is 0. The summed E-state index contributed by atoms with van der Waals surface area (Å²) in [6.07, 6.45) is 8.43. The van der Waals surface area contributed by atoms with Crippen LogP contribution >= 0.6 is 0 Å². The SMILES string of the molecule is C.C.C.C.CCCCC(O)CC(O)CC(=O)O.CCCCC1CC(O)CC(=O)O1.CCCC[C@@H](O)C[C@@H](O)CC(=O)O.CCCC[C@@H]1C[C@@H](O)CC(=O)O1. The lowest BCUT2D eigenvalue weighted by atomic mass is 10.0. The van der Waals surface area contributed by atoms with Crippen LogP contribution in [0.1, 0.15) is 186 Å². The third-order valence-electron chi connectivity index (χ3n) is 7.92. The Morgan fingerprint density at radius 1 is 0.574 bits per heavy atom. The number of aliphatic hydroxyl groups is 6. The molecule has 2 fully saturated rings. The minimum atomic E-state index is -1.03. The molecule has 328 valence electrons. The van der Waals surface area contributed by atoms with Gasteiger partial charge in [0.05, 0.1) is 62.3 Å². The van der Waals surface area contributed by atoms with Crippen molar-refractivity contribution in [3.8, 4) is 0 Å². The summed E-state index contributed by atoms with van der Waals surface area (Å²) in [5.41, 5.74) is 0. The Kier molecular flexibility index (Phi) is 47.5. The average Bonchev–Trinajstić information content (AvgIpc) is 3.00. The molecule has 2 heterocycles. The Bertz CT molecular complexity index is 817. The number of carboxylic acids is 2. The fourth-order valence-electron chi connectivity index (χ4n) is 5.25. The predicted octanol–water partition coefficient (Wildman–Crippen LogP) is 6.56. The third-order valence-corrected chi connectivity index (χ3v) is 7.92. The smallest absolute Gasteiger partial charge is 0.308 e. The van der Waals surface area contributed by atoms with Gasteiger partial charge in [-0.1, -0.05) is 109 Å². The van der Waals surface area contributed by atoms with Crippen LogP contribution in [0, 0.1) is 0 Å². The third kappa shape index (κ3) is 40.8. The summed E-state index contributed by atoms with van der Waals surface area (Å²) in [6.45, 7) is 8.23. The van der Waals surface area contributed by atoms with Gasteiger partial charge in [-0.3, -0.25) is 19.2 Å². The van der Waals surface area contributed by atoms with Crippen molar-refractivity contribution in [1.82, 2.24) is 0 Å². The molecule has 8 atom stereocenters. The number of rotatable bonds is 20. The minimum Gasteiger partial charge on any atom is -0.481 e. The van der Waals surface area contributed by atoms with Gasteiger partial charge < -0.3 is 50.3 Å². The molecule has 0 aromatic rings.